The number of nitrogens with zero attached hydrogens (tertiary/aromatic N) is 3. The van der Waals surface area contributed by atoms with Crippen molar-refractivity contribution in [1.82, 2.24) is 20.1 Å². The Bertz CT molecular complexity index is 1040. The number of carbonyl (C=O) groups excluding carboxylic acids is 1. The number of hydrogen-bond donors (Lipinski definition) is 1. The van der Waals surface area contributed by atoms with Crippen LogP contribution < -0.4 is 19.5 Å². The Morgan fingerprint density at radius 2 is 2.03 bits per heavy atom. The van der Waals surface area contributed by atoms with Crippen LogP contribution in [0, 0.1) is 0 Å². The standard InChI is InChI=1S/C21H22N4O4S/c1-14(15-7-8-18-19(11-15)29-10-9-28-18)23-20(26)12-30-21-24-22-13-25(21)16-5-3-4-6-17(16)27-2/h3-8,11,13-14H,9-10,12H2,1-2H3,(H,23,26). The molecule has 1 amide bonds. The Hall–Kier alpha value is -3.20. The van der Waals surface area contributed by atoms with Crippen LogP contribution in [0.2, 0.25) is 0 Å². The number of rotatable bonds is 7. The molecule has 1 atom stereocenters. The third-order valence-electron chi connectivity index (χ3n) is 4.64. The predicted octanol–water partition coefficient (Wildman–Crippen LogP) is 3.02. The van der Waals surface area contributed by atoms with Crippen molar-refractivity contribution < 1.29 is 19.0 Å². The van der Waals surface area contributed by atoms with E-state index in [9.17, 15) is 4.79 Å². The van der Waals surface area contributed by atoms with E-state index in [4.69, 9.17) is 14.2 Å². The SMILES string of the molecule is COc1ccccc1-n1cnnc1SCC(=O)NC(C)c1ccc2c(c1)OCCO2. The van der Waals surface area contributed by atoms with E-state index in [1.165, 1.54) is 11.8 Å². The summed E-state index contributed by atoms with van der Waals surface area (Å²) in [6.07, 6.45) is 1.61. The summed E-state index contributed by atoms with van der Waals surface area (Å²) in [5.74, 6) is 2.25. The monoisotopic (exact) mass is 426 g/mol. The first kappa shape index (κ1) is 20.1. The summed E-state index contributed by atoms with van der Waals surface area (Å²) in [6, 6.07) is 13.1. The van der Waals surface area contributed by atoms with Gasteiger partial charge in [0.25, 0.3) is 0 Å². The van der Waals surface area contributed by atoms with Crippen molar-refractivity contribution in [2.75, 3.05) is 26.1 Å². The molecular formula is C21H22N4O4S. The van der Waals surface area contributed by atoms with Crippen LogP contribution in [0.4, 0.5) is 0 Å². The van der Waals surface area contributed by atoms with E-state index in [0.29, 0.717) is 29.9 Å². The van der Waals surface area contributed by atoms with Crippen molar-refractivity contribution in [3.63, 3.8) is 0 Å². The summed E-state index contributed by atoms with van der Waals surface area (Å²) >= 11 is 1.31. The topological polar surface area (TPSA) is 87.5 Å². The number of amides is 1. The molecule has 0 fully saturated rings. The van der Waals surface area contributed by atoms with Crippen LogP contribution in [0.25, 0.3) is 5.69 Å². The Kier molecular flexibility index (Phi) is 6.08. The lowest BCUT2D eigenvalue weighted by Gasteiger charge is -2.21. The van der Waals surface area contributed by atoms with Crippen LogP contribution in [0.1, 0.15) is 18.5 Å². The number of methoxy groups -OCH3 is 1. The van der Waals surface area contributed by atoms with Crippen LogP contribution in [0.15, 0.2) is 53.9 Å². The lowest BCUT2D eigenvalue weighted by atomic mass is 10.1. The molecule has 2 heterocycles. The molecule has 1 aliphatic rings. The molecule has 0 bridgehead atoms. The minimum absolute atomic E-state index is 0.100. The van der Waals surface area contributed by atoms with E-state index >= 15 is 0 Å². The molecule has 1 aliphatic heterocycles. The Morgan fingerprint density at radius 3 is 2.87 bits per heavy atom. The summed E-state index contributed by atoms with van der Waals surface area (Å²) in [6.45, 7) is 3.02. The zero-order valence-corrected chi connectivity index (χ0v) is 17.5. The van der Waals surface area contributed by atoms with Gasteiger partial charge in [0.1, 0.15) is 25.3 Å². The highest BCUT2D eigenvalue weighted by Crippen LogP contribution is 2.32. The maximum Gasteiger partial charge on any atom is 0.230 e. The van der Waals surface area contributed by atoms with Gasteiger partial charge in [0, 0.05) is 0 Å². The number of hydrogen-bond acceptors (Lipinski definition) is 7. The normalized spacial score (nSPS) is 13.5. The first-order valence-electron chi connectivity index (χ1n) is 9.51. The summed E-state index contributed by atoms with van der Waals surface area (Å²) in [5, 5.41) is 11.7. The van der Waals surface area contributed by atoms with Gasteiger partial charge in [0.05, 0.1) is 24.6 Å². The average Bonchev–Trinajstić information content (AvgIpc) is 3.25. The van der Waals surface area contributed by atoms with Crippen LogP contribution in [-0.4, -0.2) is 46.7 Å². The first-order chi connectivity index (χ1) is 14.7. The van der Waals surface area contributed by atoms with Crippen molar-refractivity contribution in [1.29, 1.82) is 0 Å². The van der Waals surface area contributed by atoms with Gasteiger partial charge in [-0.05, 0) is 36.8 Å². The van der Waals surface area contributed by atoms with Gasteiger partial charge in [-0.15, -0.1) is 10.2 Å². The molecule has 0 saturated heterocycles. The number of para-hydroxylation sites is 2. The second kappa shape index (κ2) is 9.08. The number of aromatic nitrogens is 3. The molecule has 0 radical (unpaired) electrons. The van der Waals surface area contributed by atoms with Gasteiger partial charge in [-0.3, -0.25) is 9.36 Å². The molecule has 1 unspecified atom stereocenters. The lowest BCUT2D eigenvalue weighted by Crippen LogP contribution is -2.28. The largest absolute Gasteiger partial charge is 0.495 e. The summed E-state index contributed by atoms with van der Waals surface area (Å²) < 4.78 is 18.4. The smallest absolute Gasteiger partial charge is 0.230 e. The molecule has 4 rings (SSSR count). The zero-order valence-electron chi connectivity index (χ0n) is 16.7. The van der Waals surface area contributed by atoms with Gasteiger partial charge in [0.15, 0.2) is 16.7 Å². The van der Waals surface area contributed by atoms with E-state index < -0.39 is 0 Å². The van der Waals surface area contributed by atoms with Crippen molar-refractivity contribution in [3.05, 3.63) is 54.4 Å². The highest BCUT2D eigenvalue weighted by atomic mass is 32.2. The molecule has 8 nitrogen and oxygen atoms in total. The van der Waals surface area contributed by atoms with E-state index in [2.05, 4.69) is 15.5 Å². The fourth-order valence-electron chi connectivity index (χ4n) is 3.14. The van der Waals surface area contributed by atoms with E-state index in [-0.39, 0.29) is 17.7 Å². The molecular weight excluding hydrogens is 404 g/mol. The second-order valence-electron chi connectivity index (χ2n) is 6.64. The zero-order chi connectivity index (χ0) is 20.9. The maximum absolute atomic E-state index is 12.5. The Morgan fingerprint density at radius 1 is 1.23 bits per heavy atom. The fourth-order valence-corrected chi connectivity index (χ4v) is 3.88. The number of thioether (sulfide) groups is 1. The van der Waals surface area contributed by atoms with Crippen LogP contribution in [0.5, 0.6) is 17.2 Å². The molecule has 9 heteroatoms. The molecule has 0 spiro atoms. The van der Waals surface area contributed by atoms with E-state index in [1.54, 1.807) is 18.0 Å². The highest BCUT2D eigenvalue weighted by molar-refractivity contribution is 7.99. The summed E-state index contributed by atoms with van der Waals surface area (Å²) in [7, 11) is 1.61. The Balaban J connectivity index is 1.38. The molecule has 1 aromatic heterocycles. The fraction of sp³-hybridized carbons (Fsp3) is 0.286. The molecule has 156 valence electrons. The number of benzene rings is 2. The van der Waals surface area contributed by atoms with Crippen LogP contribution in [-0.2, 0) is 4.79 Å². The first-order valence-corrected chi connectivity index (χ1v) is 10.5. The second-order valence-corrected chi connectivity index (χ2v) is 7.58. The van der Waals surface area contributed by atoms with Crippen molar-refractivity contribution in [2.45, 2.75) is 18.1 Å². The minimum atomic E-state index is -0.166. The minimum Gasteiger partial charge on any atom is -0.495 e. The highest BCUT2D eigenvalue weighted by Gasteiger charge is 2.17. The van der Waals surface area contributed by atoms with Gasteiger partial charge < -0.3 is 19.5 Å². The molecule has 1 N–H and O–H groups in total. The third kappa shape index (κ3) is 4.35. The molecule has 30 heavy (non-hydrogen) atoms. The lowest BCUT2D eigenvalue weighted by molar-refractivity contribution is -0.119. The molecule has 0 aliphatic carbocycles. The van der Waals surface area contributed by atoms with Gasteiger partial charge in [-0.25, -0.2) is 0 Å². The van der Waals surface area contributed by atoms with Gasteiger partial charge in [0.2, 0.25) is 5.91 Å². The predicted molar refractivity (Wildman–Crippen MR) is 113 cm³/mol. The molecule has 3 aromatic rings. The summed E-state index contributed by atoms with van der Waals surface area (Å²) in [5.41, 5.74) is 1.77. The number of ether oxygens (including phenoxy) is 3. The van der Waals surface area contributed by atoms with Gasteiger partial charge in [-0.2, -0.15) is 0 Å². The van der Waals surface area contributed by atoms with Crippen molar-refractivity contribution in [2.24, 2.45) is 0 Å². The average molecular weight is 426 g/mol. The van der Waals surface area contributed by atoms with Crippen molar-refractivity contribution in [3.8, 4) is 22.9 Å². The molecule has 2 aromatic carbocycles. The number of nitrogens with one attached hydrogen (secondary N) is 1. The summed E-state index contributed by atoms with van der Waals surface area (Å²) in [4.78, 5) is 12.5. The van der Waals surface area contributed by atoms with Gasteiger partial charge in [-0.1, -0.05) is 30.0 Å². The Labute approximate surface area is 178 Å². The molecule has 0 saturated carbocycles. The van der Waals surface area contributed by atoms with E-state index in [1.807, 2.05) is 49.4 Å². The van der Waals surface area contributed by atoms with Gasteiger partial charge >= 0.3 is 0 Å². The number of carbonyl (C=O) groups is 1. The van der Waals surface area contributed by atoms with Crippen LogP contribution in [0.3, 0.4) is 0 Å². The third-order valence-corrected chi connectivity index (χ3v) is 5.58. The maximum atomic E-state index is 12.5. The number of fused-ring (bicyclic) bond motifs is 1. The van der Waals surface area contributed by atoms with E-state index in [0.717, 1.165) is 17.0 Å². The quantitative estimate of drug-likeness (QED) is 0.581. The van der Waals surface area contributed by atoms with Crippen LogP contribution >= 0.6 is 11.8 Å². The van der Waals surface area contributed by atoms with Crippen molar-refractivity contribution >= 4 is 17.7 Å².